The molecule has 4 heteroatoms. The fourth-order valence-electron chi connectivity index (χ4n) is 0. The molecule has 0 aliphatic heterocycles. The van der Waals surface area contributed by atoms with Gasteiger partial charge < -0.3 is 4.28 Å². The molecule has 0 N–H and O–H groups in total. The van der Waals surface area contributed by atoms with E-state index in [1.54, 1.807) is 0 Å². The van der Waals surface area contributed by atoms with Crippen molar-refractivity contribution in [1.82, 2.24) is 0 Å². The van der Waals surface area contributed by atoms with E-state index >= 15 is 0 Å². The summed E-state index contributed by atoms with van der Waals surface area (Å²) in [5.74, 6) is 0. The molecule has 0 aliphatic carbocycles. The van der Waals surface area contributed by atoms with Crippen LogP contribution in [0.15, 0.2) is 0 Å². The molecule has 0 bridgehead atoms. The van der Waals surface area contributed by atoms with Gasteiger partial charge in [0.15, 0.2) is 0 Å². The van der Waals surface area contributed by atoms with Crippen LogP contribution in [-0.4, -0.2) is 10.1 Å². The Kier molecular flexibility index (Phi) is 160. The van der Waals surface area contributed by atoms with Crippen LogP contribution in [0.4, 0.5) is 0 Å². The van der Waals surface area contributed by atoms with Crippen molar-refractivity contribution < 1.29 is 67.9 Å². The first-order valence-electron chi connectivity index (χ1n) is 0. The maximum atomic E-state index is 0. The SMILES string of the molecule is [Be+2].[H-].[H-].[H-].[Li+].[Nb].[Ta]. The Balaban J connectivity index is 0. The molecule has 0 aromatic heterocycles. The van der Waals surface area contributed by atoms with Gasteiger partial charge >= 0.3 is 29.0 Å². The topological polar surface area (TPSA) is 0 Å². The molecule has 0 amide bonds. The van der Waals surface area contributed by atoms with E-state index in [2.05, 4.69) is 0 Å². The van der Waals surface area contributed by atoms with Crippen molar-refractivity contribution in [2.45, 2.75) is 0 Å². The third-order valence-corrected chi connectivity index (χ3v) is 0. The molecular weight excluding hydrogens is 290 g/mol. The van der Waals surface area contributed by atoms with Crippen LogP contribution in [0.1, 0.15) is 4.28 Å². The summed E-state index contributed by atoms with van der Waals surface area (Å²) in [6.45, 7) is 0. The predicted molar refractivity (Wildman–Crippen MR) is 9.09 cm³/mol. The van der Waals surface area contributed by atoms with E-state index < -0.39 is 0 Å². The molecule has 0 fully saturated rings. The van der Waals surface area contributed by atoms with Crippen LogP contribution in [0.5, 0.6) is 0 Å². The zero-order valence-electron chi connectivity index (χ0n) is 5.60. The minimum Gasteiger partial charge on any atom is -1.00 e. The van der Waals surface area contributed by atoms with Crippen molar-refractivity contribution >= 4 is 10.1 Å². The van der Waals surface area contributed by atoms with Crippen LogP contribution in [0.25, 0.3) is 0 Å². The molecule has 0 unspecified atom stereocenters. The smallest absolute Gasteiger partial charge is 1.00 e. The Morgan fingerprint density at radius 2 is 1.25 bits per heavy atom. The van der Waals surface area contributed by atoms with Gasteiger partial charge in [-0.3, -0.25) is 0 Å². The monoisotopic (exact) mass is 293 g/mol. The standard InChI is InChI=1S/Be.Li.Nb.Ta.3H/q+2;+1;;;3*-1. The molecule has 16 valence electrons. The van der Waals surface area contributed by atoms with E-state index in [4.69, 9.17) is 0 Å². The minimum absolute atomic E-state index is 0. The Bertz CT molecular complexity index is 14.9. The molecule has 0 aromatic carbocycles. The Labute approximate surface area is 77.4 Å². The van der Waals surface area contributed by atoms with Crippen molar-refractivity contribution in [2.75, 3.05) is 0 Å². The molecule has 0 rings (SSSR count). The molecule has 2 radical (unpaired) electrons. The van der Waals surface area contributed by atoms with E-state index in [1.165, 1.54) is 0 Å². The summed E-state index contributed by atoms with van der Waals surface area (Å²) in [6, 6.07) is 0. The van der Waals surface area contributed by atoms with Crippen molar-refractivity contribution in [3.63, 3.8) is 0 Å². The summed E-state index contributed by atoms with van der Waals surface area (Å²) in [4.78, 5) is 0. The van der Waals surface area contributed by atoms with Crippen LogP contribution >= 0.6 is 0 Å². The van der Waals surface area contributed by atoms with Crippen LogP contribution in [0.3, 0.4) is 0 Å². The van der Waals surface area contributed by atoms with Gasteiger partial charge in [-0.05, 0) is 0 Å². The molecule has 0 spiro atoms. The summed E-state index contributed by atoms with van der Waals surface area (Å²) in [5, 5.41) is 0. The normalized spacial score (nSPS) is 0. The van der Waals surface area contributed by atoms with Gasteiger partial charge in [-0.1, -0.05) is 0 Å². The summed E-state index contributed by atoms with van der Waals surface area (Å²) in [5.41, 5.74) is 0. The van der Waals surface area contributed by atoms with Crippen LogP contribution in [0, 0.1) is 0 Å². The van der Waals surface area contributed by atoms with Crippen molar-refractivity contribution in [1.29, 1.82) is 0 Å². The molecule has 0 aliphatic rings. The third-order valence-electron chi connectivity index (χ3n) is 0. The minimum atomic E-state index is 0. The van der Waals surface area contributed by atoms with Crippen LogP contribution in [-0.2, 0) is 44.8 Å². The summed E-state index contributed by atoms with van der Waals surface area (Å²) in [6.07, 6.45) is 0. The van der Waals surface area contributed by atoms with Crippen LogP contribution < -0.4 is 18.9 Å². The van der Waals surface area contributed by atoms with Crippen LogP contribution in [0.2, 0.25) is 0 Å². The summed E-state index contributed by atoms with van der Waals surface area (Å²) < 4.78 is 0. The van der Waals surface area contributed by atoms with E-state index in [0.717, 1.165) is 0 Å². The second-order valence-corrected chi connectivity index (χ2v) is 0. The van der Waals surface area contributed by atoms with Gasteiger partial charge in [-0.25, -0.2) is 0 Å². The Morgan fingerprint density at radius 1 is 1.25 bits per heavy atom. The fourth-order valence-corrected chi connectivity index (χ4v) is 0. The summed E-state index contributed by atoms with van der Waals surface area (Å²) in [7, 11) is 0. The molecule has 0 nitrogen and oxygen atoms in total. The average Bonchev–Trinajstić information content (AvgIpc) is 0. The second-order valence-electron chi connectivity index (χ2n) is 0. The van der Waals surface area contributed by atoms with Gasteiger partial charge in [0.2, 0.25) is 0 Å². The second kappa shape index (κ2) is 18.7. The van der Waals surface area contributed by atoms with Gasteiger partial charge in [-0.15, -0.1) is 0 Å². The maximum Gasteiger partial charge on any atom is 2.00 e. The van der Waals surface area contributed by atoms with E-state index in [0.29, 0.717) is 0 Å². The molecule has 0 saturated heterocycles. The Hall–Kier alpha value is 2.25. The van der Waals surface area contributed by atoms with Gasteiger partial charge in [0, 0.05) is 44.8 Å². The molecule has 0 heterocycles. The zero-order chi connectivity index (χ0) is 0. The van der Waals surface area contributed by atoms with Gasteiger partial charge in [-0.2, -0.15) is 0 Å². The molecule has 4 heavy (non-hydrogen) atoms. The molecular formula is H3BeLiNbTa. The third kappa shape index (κ3) is 8.87. The van der Waals surface area contributed by atoms with Crippen molar-refractivity contribution in [3.05, 3.63) is 0 Å². The largest absolute Gasteiger partial charge is 2.00 e. The maximum absolute atomic E-state index is 0. The predicted octanol–water partition coefficient (Wildman–Crippen LogP) is -3.04. The van der Waals surface area contributed by atoms with E-state index in [1.807, 2.05) is 0 Å². The van der Waals surface area contributed by atoms with E-state index in [-0.39, 0.29) is 78.0 Å². The molecule has 0 aromatic rings. The first-order valence-corrected chi connectivity index (χ1v) is 0. The Morgan fingerprint density at radius 3 is 1.25 bits per heavy atom. The van der Waals surface area contributed by atoms with Gasteiger partial charge in [0.25, 0.3) is 0 Å². The van der Waals surface area contributed by atoms with Gasteiger partial charge in [0.05, 0.1) is 0 Å². The number of hydrogen-bond donors (Lipinski definition) is 0. The number of hydrogen-bond acceptors (Lipinski definition) is 0. The first-order chi connectivity index (χ1) is 0. The first kappa shape index (κ1) is 34.1. The van der Waals surface area contributed by atoms with Crippen molar-refractivity contribution in [3.8, 4) is 0 Å². The quantitative estimate of drug-likeness (QED) is 0.417. The number of rotatable bonds is 0. The van der Waals surface area contributed by atoms with E-state index in [9.17, 15) is 0 Å². The molecule has 0 saturated carbocycles. The molecule has 0 atom stereocenters. The zero-order valence-corrected chi connectivity index (χ0v) is 8.01. The fraction of sp³-hybridized carbons (Fsp3) is 0. The van der Waals surface area contributed by atoms with Gasteiger partial charge in [0.1, 0.15) is 0 Å². The average molecular weight is 293 g/mol. The summed E-state index contributed by atoms with van der Waals surface area (Å²) >= 11 is 0. The van der Waals surface area contributed by atoms with Crippen molar-refractivity contribution in [2.24, 2.45) is 0 Å².